The summed E-state index contributed by atoms with van der Waals surface area (Å²) in [7, 11) is -1.25. The van der Waals surface area contributed by atoms with Crippen LogP contribution in [0.25, 0.3) is 0 Å². The molecule has 2 aromatic rings. The van der Waals surface area contributed by atoms with Crippen LogP contribution in [-0.4, -0.2) is 15.9 Å². The van der Waals surface area contributed by atoms with Gasteiger partial charge in [-0.05, 0) is 30.2 Å². The first-order valence-electron chi connectivity index (χ1n) is 6.98. The topological polar surface area (TPSA) is 46.2 Å². The number of nitrogens with one attached hydrogen (secondary N) is 1. The van der Waals surface area contributed by atoms with Gasteiger partial charge in [0.25, 0.3) is 0 Å². The molecule has 0 aliphatic heterocycles. The summed E-state index contributed by atoms with van der Waals surface area (Å²) in [6.45, 7) is 1.91. The Labute approximate surface area is 138 Å². The van der Waals surface area contributed by atoms with Crippen LogP contribution in [-0.2, 0) is 21.3 Å². The maximum atomic E-state index is 12.1. The quantitative estimate of drug-likeness (QED) is 0.878. The molecule has 0 aliphatic rings. The predicted octanol–water partition coefficient (Wildman–Crippen LogP) is 3.47. The third-order valence-electron chi connectivity index (χ3n) is 3.19. The molecule has 0 spiro atoms. The van der Waals surface area contributed by atoms with E-state index >= 15 is 0 Å². The Bertz CT molecular complexity index is 661. The zero-order valence-electron chi connectivity index (χ0n) is 12.3. The number of hydrogen-bond donors (Lipinski definition) is 1. The van der Waals surface area contributed by atoms with Crippen molar-refractivity contribution in [1.29, 1.82) is 0 Å². The van der Waals surface area contributed by atoms with Crippen LogP contribution in [0, 0.1) is 0 Å². The molecule has 0 bridgehead atoms. The van der Waals surface area contributed by atoms with Crippen molar-refractivity contribution in [3.05, 3.63) is 70.7 Å². The van der Waals surface area contributed by atoms with E-state index in [4.69, 9.17) is 11.6 Å². The maximum Gasteiger partial charge on any atom is 0.233 e. The van der Waals surface area contributed by atoms with Gasteiger partial charge in [-0.25, -0.2) is 0 Å². The Morgan fingerprint density at radius 1 is 1.18 bits per heavy atom. The second-order valence-corrected chi connectivity index (χ2v) is 6.95. The maximum absolute atomic E-state index is 12.1. The lowest BCUT2D eigenvalue weighted by atomic mass is 10.1. The standard InChI is InChI=1S/C17H18ClNO2S/c1-13(15-7-3-2-4-8-15)19-17(20)12-22(21)11-14-6-5-9-16(18)10-14/h2-10,13H,11-12H2,1H3,(H,19,20). The van der Waals surface area contributed by atoms with Crippen molar-refractivity contribution in [3.8, 4) is 0 Å². The number of carbonyl (C=O) groups excluding carboxylic acids is 1. The largest absolute Gasteiger partial charge is 0.349 e. The summed E-state index contributed by atoms with van der Waals surface area (Å²) in [6.07, 6.45) is 0. The van der Waals surface area contributed by atoms with Gasteiger partial charge in [0, 0.05) is 21.6 Å². The fourth-order valence-corrected chi connectivity index (χ4v) is 3.36. The van der Waals surface area contributed by atoms with Gasteiger partial charge >= 0.3 is 0 Å². The minimum absolute atomic E-state index is 0.0102. The molecule has 0 fully saturated rings. The molecule has 5 heteroatoms. The lowest BCUT2D eigenvalue weighted by molar-refractivity contribution is -0.119. The molecule has 2 atom stereocenters. The third kappa shape index (κ3) is 5.28. The van der Waals surface area contributed by atoms with Gasteiger partial charge in [-0.3, -0.25) is 9.00 Å². The molecule has 0 aromatic heterocycles. The summed E-state index contributed by atoms with van der Waals surface area (Å²) < 4.78 is 12.1. The number of hydrogen-bond acceptors (Lipinski definition) is 2. The first-order chi connectivity index (χ1) is 10.5. The normalized spacial score (nSPS) is 13.4. The van der Waals surface area contributed by atoms with Crippen molar-refractivity contribution in [2.45, 2.75) is 18.7 Å². The molecule has 1 amide bonds. The summed E-state index contributed by atoms with van der Waals surface area (Å²) >= 11 is 5.89. The zero-order valence-corrected chi connectivity index (χ0v) is 13.9. The second-order valence-electron chi connectivity index (χ2n) is 5.06. The van der Waals surface area contributed by atoms with Gasteiger partial charge < -0.3 is 5.32 Å². The molecule has 0 saturated heterocycles. The van der Waals surface area contributed by atoms with Crippen LogP contribution in [0.1, 0.15) is 24.1 Å². The number of halogens is 1. The van der Waals surface area contributed by atoms with Gasteiger partial charge in [0.15, 0.2) is 0 Å². The highest BCUT2D eigenvalue weighted by atomic mass is 35.5. The summed E-state index contributed by atoms with van der Waals surface area (Å²) in [4.78, 5) is 12.0. The molecule has 0 saturated carbocycles. The van der Waals surface area contributed by atoms with E-state index in [9.17, 15) is 9.00 Å². The number of benzene rings is 2. The number of carbonyl (C=O) groups is 1. The molecular formula is C17H18ClNO2S. The van der Waals surface area contributed by atoms with E-state index in [1.807, 2.05) is 49.4 Å². The average molecular weight is 336 g/mol. The van der Waals surface area contributed by atoms with Crippen molar-refractivity contribution < 1.29 is 9.00 Å². The summed E-state index contributed by atoms with van der Waals surface area (Å²) in [6, 6.07) is 16.8. The second kappa shape index (κ2) is 8.11. The predicted molar refractivity (Wildman–Crippen MR) is 91.2 cm³/mol. The van der Waals surface area contributed by atoms with Gasteiger partial charge in [-0.2, -0.15) is 0 Å². The number of rotatable bonds is 6. The van der Waals surface area contributed by atoms with E-state index in [0.29, 0.717) is 10.8 Å². The van der Waals surface area contributed by atoms with Gasteiger partial charge in [-0.15, -0.1) is 0 Å². The molecule has 0 radical (unpaired) electrons. The molecule has 2 unspecified atom stereocenters. The van der Waals surface area contributed by atoms with Crippen molar-refractivity contribution in [3.63, 3.8) is 0 Å². The van der Waals surface area contributed by atoms with Crippen molar-refractivity contribution in [2.24, 2.45) is 0 Å². The fraction of sp³-hybridized carbons (Fsp3) is 0.235. The average Bonchev–Trinajstić information content (AvgIpc) is 2.47. The van der Waals surface area contributed by atoms with Crippen LogP contribution in [0.3, 0.4) is 0 Å². The lowest BCUT2D eigenvalue weighted by Crippen LogP contribution is -2.31. The van der Waals surface area contributed by atoms with Crippen molar-refractivity contribution in [2.75, 3.05) is 5.75 Å². The van der Waals surface area contributed by atoms with Crippen LogP contribution in [0.4, 0.5) is 0 Å². The monoisotopic (exact) mass is 335 g/mol. The smallest absolute Gasteiger partial charge is 0.233 e. The highest BCUT2D eigenvalue weighted by Crippen LogP contribution is 2.13. The van der Waals surface area contributed by atoms with Crippen molar-refractivity contribution in [1.82, 2.24) is 5.32 Å². The van der Waals surface area contributed by atoms with Crippen LogP contribution in [0.5, 0.6) is 0 Å². The molecule has 2 rings (SSSR count). The Kier molecular flexibility index (Phi) is 6.16. The lowest BCUT2D eigenvalue weighted by Gasteiger charge is -2.14. The molecule has 0 aliphatic carbocycles. The molecular weight excluding hydrogens is 318 g/mol. The Hall–Kier alpha value is -1.65. The van der Waals surface area contributed by atoms with Crippen LogP contribution >= 0.6 is 11.6 Å². The molecule has 2 aromatic carbocycles. The Morgan fingerprint density at radius 3 is 2.59 bits per heavy atom. The van der Waals surface area contributed by atoms with E-state index in [0.717, 1.165) is 11.1 Å². The van der Waals surface area contributed by atoms with E-state index < -0.39 is 10.8 Å². The van der Waals surface area contributed by atoms with E-state index in [1.165, 1.54) is 0 Å². The van der Waals surface area contributed by atoms with Gasteiger partial charge in [0.1, 0.15) is 5.75 Å². The Balaban J connectivity index is 1.85. The zero-order chi connectivity index (χ0) is 15.9. The van der Waals surface area contributed by atoms with Gasteiger partial charge in [0.05, 0.1) is 6.04 Å². The Morgan fingerprint density at radius 2 is 1.91 bits per heavy atom. The third-order valence-corrected chi connectivity index (χ3v) is 4.66. The van der Waals surface area contributed by atoms with Gasteiger partial charge in [0.2, 0.25) is 5.91 Å². The van der Waals surface area contributed by atoms with Crippen molar-refractivity contribution >= 4 is 28.3 Å². The van der Waals surface area contributed by atoms with Crippen LogP contribution in [0.15, 0.2) is 54.6 Å². The molecule has 22 heavy (non-hydrogen) atoms. The summed E-state index contributed by atoms with van der Waals surface area (Å²) in [5, 5.41) is 3.47. The first kappa shape index (κ1) is 16.7. The SMILES string of the molecule is CC(NC(=O)CS(=O)Cc1cccc(Cl)c1)c1ccccc1. The van der Waals surface area contributed by atoms with Crippen LogP contribution < -0.4 is 5.32 Å². The van der Waals surface area contributed by atoms with E-state index in [1.54, 1.807) is 12.1 Å². The summed E-state index contributed by atoms with van der Waals surface area (Å²) in [5.41, 5.74) is 1.89. The fourth-order valence-electron chi connectivity index (χ4n) is 2.12. The molecule has 0 heterocycles. The molecule has 116 valence electrons. The first-order valence-corrected chi connectivity index (χ1v) is 8.85. The summed E-state index contributed by atoms with van der Waals surface area (Å²) in [5.74, 6) is 0.105. The highest BCUT2D eigenvalue weighted by Gasteiger charge is 2.12. The van der Waals surface area contributed by atoms with E-state index in [2.05, 4.69) is 5.32 Å². The van der Waals surface area contributed by atoms with Gasteiger partial charge in [-0.1, -0.05) is 54.1 Å². The molecule has 3 nitrogen and oxygen atoms in total. The highest BCUT2D eigenvalue weighted by molar-refractivity contribution is 7.84. The van der Waals surface area contributed by atoms with E-state index in [-0.39, 0.29) is 17.7 Å². The van der Waals surface area contributed by atoms with Crippen LogP contribution in [0.2, 0.25) is 5.02 Å². The minimum atomic E-state index is -1.25. The molecule has 1 N–H and O–H groups in total. The number of amides is 1. The minimum Gasteiger partial charge on any atom is -0.349 e.